The molecule has 4 nitrogen and oxygen atoms in total. The molecule has 5 heteroatoms. The van der Waals surface area contributed by atoms with Crippen LogP contribution in [0.5, 0.6) is 0 Å². The van der Waals surface area contributed by atoms with Crippen molar-refractivity contribution in [1.82, 2.24) is 9.78 Å². The topological polar surface area (TPSA) is 55.1 Å². The van der Waals surface area contributed by atoms with Crippen molar-refractivity contribution in [3.8, 4) is 11.1 Å². The summed E-state index contributed by atoms with van der Waals surface area (Å²) >= 11 is 3.35. The lowest BCUT2D eigenvalue weighted by molar-refractivity contribution is 0.192. The van der Waals surface area contributed by atoms with E-state index in [0.717, 1.165) is 20.3 Å². The molecule has 1 aromatic carbocycles. The number of nitrogens with zero attached hydrogens (tertiary/aromatic N) is 2. The van der Waals surface area contributed by atoms with Gasteiger partial charge in [-0.3, -0.25) is 0 Å². The van der Waals surface area contributed by atoms with Gasteiger partial charge in [0.2, 0.25) is 0 Å². The number of carboxylic acid groups (broad SMARTS) is 1. The fourth-order valence-electron chi connectivity index (χ4n) is 1.24. The van der Waals surface area contributed by atoms with E-state index in [2.05, 4.69) is 21.0 Å². The molecule has 0 radical (unpaired) electrons. The molecule has 0 unspecified atom stereocenters. The molecule has 0 atom stereocenters. The highest BCUT2D eigenvalue weighted by Gasteiger charge is 2.05. The van der Waals surface area contributed by atoms with Gasteiger partial charge in [0.05, 0.1) is 6.20 Å². The normalized spacial score (nSPS) is 10.2. The highest BCUT2D eigenvalue weighted by Crippen LogP contribution is 2.22. The van der Waals surface area contributed by atoms with Gasteiger partial charge >= 0.3 is 6.09 Å². The van der Waals surface area contributed by atoms with Gasteiger partial charge in [-0.2, -0.15) is 9.78 Å². The average molecular weight is 267 g/mol. The summed E-state index contributed by atoms with van der Waals surface area (Å²) in [5.41, 5.74) is 1.70. The summed E-state index contributed by atoms with van der Waals surface area (Å²) in [6, 6.07) is 7.60. The van der Waals surface area contributed by atoms with E-state index in [4.69, 9.17) is 5.11 Å². The SMILES string of the molecule is O=C(O)n1cc(-c2cccc(Br)c2)cn1. The number of benzene rings is 1. The van der Waals surface area contributed by atoms with Crippen LogP contribution in [0.15, 0.2) is 41.1 Å². The molecular formula is C10H7BrN2O2. The molecule has 1 N–H and O–H groups in total. The fourth-order valence-corrected chi connectivity index (χ4v) is 1.64. The molecule has 15 heavy (non-hydrogen) atoms. The van der Waals surface area contributed by atoms with Crippen LogP contribution in [0.3, 0.4) is 0 Å². The van der Waals surface area contributed by atoms with Gasteiger partial charge in [0, 0.05) is 16.2 Å². The largest absolute Gasteiger partial charge is 0.463 e. The molecule has 1 heterocycles. The Morgan fingerprint density at radius 1 is 1.40 bits per heavy atom. The van der Waals surface area contributed by atoms with Crippen LogP contribution >= 0.6 is 15.9 Å². The molecule has 0 saturated carbocycles. The second kappa shape index (κ2) is 3.86. The van der Waals surface area contributed by atoms with Crippen LogP contribution in [0.4, 0.5) is 4.79 Å². The molecule has 0 bridgehead atoms. The summed E-state index contributed by atoms with van der Waals surface area (Å²) in [7, 11) is 0. The molecule has 1 aromatic heterocycles. The van der Waals surface area contributed by atoms with E-state index in [1.807, 2.05) is 24.3 Å². The van der Waals surface area contributed by atoms with Gasteiger partial charge in [-0.25, -0.2) is 4.79 Å². The Morgan fingerprint density at radius 3 is 2.80 bits per heavy atom. The van der Waals surface area contributed by atoms with Crippen LogP contribution in [0.25, 0.3) is 11.1 Å². The van der Waals surface area contributed by atoms with Crippen molar-refractivity contribution < 1.29 is 9.90 Å². The zero-order valence-electron chi connectivity index (χ0n) is 7.59. The predicted molar refractivity (Wildman–Crippen MR) is 58.8 cm³/mol. The maximum atomic E-state index is 10.6. The van der Waals surface area contributed by atoms with Crippen LogP contribution in [-0.2, 0) is 0 Å². The maximum Gasteiger partial charge on any atom is 0.432 e. The van der Waals surface area contributed by atoms with Crippen molar-refractivity contribution >= 4 is 22.0 Å². The third kappa shape index (κ3) is 2.07. The summed E-state index contributed by atoms with van der Waals surface area (Å²) < 4.78 is 1.83. The summed E-state index contributed by atoms with van der Waals surface area (Å²) in [6.07, 6.45) is 1.91. The third-order valence-corrected chi connectivity index (χ3v) is 2.43. The first-order valence-corrected chi connectivity index (χ1v) is 5.00. The van der Waals surface area contributed by atoms with E-state index in [9.17, 15) is 4.79 Å². The molecule has 0 aliphatic rings. The van der Waals surface area contributed by atoms with Crippen LogP contribution in [-0.4, -0.2) is 21.0 Å². The van der Waals surface area contributed by atoms with E-state index >= 15 is 0 Å². The van der Waals surface area contributed by atoms with Crippen LogP contribution < -0.4 is 0 Å². The number of halogens is 1. The van der Waals surface area contributed by atoms with Gasteiger partial charge in [0.1, 0.15) is 0 Å². The Balaban J connectivity index is 2.41. The molecule has 0 fully saturated rings. The van der Waals surface area contributed by atoms with E-state index in [-0.39, 0.29) is 0 Å². The van der Waals surface area contributed by atoms with Crippen LogP contribution in [0.1, 0.15) is 0 Å². The van der Waals surface area contributed by atoms with Gasteiger partial charge in [0.25, 0.3) is 0 Å². The van der Waals surface area contributed by atoms with E-state index in [1.165, 1.54) is 12.4 Å². The lowest BCUT2D eigenvalue weighted by Gasteiger charge is -1.96. The first kappa shape index (κ1) is 9.92. The second-order valence-electron chi connectivity index (χ2n) is 2.97. The summed E-state index contributed by atoms with van der Waals surface area (Å²) in [4.78, 5) is 10.6. The van der Waals surface area contributed by atoms with Gasteiger partial charge in [-0.1, -0.05) is 28.1 Å². The first-order chi connectivity index (χ1) is 7.16. The maximum absolute atomic E-state index is 10.6. The van der Waals surface area contributed by atoms with Crippen LogP contribution in [0, 0.1) is 0 Å². The minimum atomic E-state index is -1.09. The van der Waals surface area contributed by atoms with Crippen molar-refractivity contribution in [1.29, 1.82) is 0 Å². The lowest BCUT2D eigenvalue weighted by Crippen LogP contribution is -2.07. The third-order valence-electron chi connectivity index (χ3n) is 1.94. The summed E-state index contributed by atoms with van der Waals surface area (Å²) in [5, 5.41) is 12.4. The first-order valence-electron chi connectivity index (χ1n) is 4.21. The number of hydrogen-bond donors (Lipinski definition) is 1. The minimum Gasteiger partial charge on any atom is -0.463 e. The summed E-state index contributed by atoms with van der Waals surface area (Å²) in [5.74, 6) is 0. The van der Waals surface area contributed by atoms with E-state index < -0.39 is 6.09 Å². The molecule has 0 aliphatic carbocycles. The van der Waals surface area contributed by atoms with Gasteiger partial charge in [0.15, 0.2) is 0 Å². The molecular weight excluding hydrogens is 260 g/mol. The predicted octanol–water partition coefficient (Wildman–Crippen LogP) is 2.84. The van der Waals surface area contributed by atoms with Crippen molar-refractivity contribution in [2.75, 3.05) is 0 Å². The Labute approximate surface area is 94.3 Å². The zero-order valence-corrected chi connectivity index (χ0v) is 9.18. The molecule has 2 aromatic rings. The van der Waals surface area contributed by atoms with Gasteiger partial charge in [-0.05, 0) is 17.7 Å². The molecule has 76 valence electrons. The standard InChI is InChI=1S/C10H7BrN2O2/c11-9-3-1-2-7(4-9)8-5-12-13(6-8)10(14)15/h1-6H,(H,14,15). The highest BCUT2D eigenvalue weighted by atomic mass is 79.9. The van der Waals surface area contributed by atoms with Crippen molar-refractivity contribution in [2.45, 2.75) is 0 Å². The molecule has 2 rings (SSSR count). The second-order valence-corrected chi connectivity index (χ2v) is 3.88. The Bertz CT molecular complexity index is 508. The Morgan fingerprint density at radius 2 is 2.20 bits per heavy atom. The Kier molecular flexibility index (Phi) is 2.55. The van der Waals surface area contributed by atoms with Crippen LogP contribution in [0.2, 0.25) is 0 Å². The van der Waals surface area contributed by atoms with Gasteiger partial charge < -0.3 is 5.11 Å². The zero-order chi connectivity index (χ0) is 10.8. The lowest BCUT2D eigenvalue weighted by atomic mass is 10.1. The number of carbonyl (C=O) groups is 1. The van der Waals surface area contributed by atoms with Gasteiger partial charge in [-0.15, -0.1) is 0 Å². The smallest absolute Gasteiger partial charge is 0.432 e. The molecule has 0 saturated heterocycles. The Hall–Kier alpha value is -1.62. The monoisotopic (exact) mass is 266 g/mol. The molecule has 0 spiro atoms. The van der Waals surface area contributed by atoms with Crippen molar-refractivity contribution in [2.24, 2.45) is 0 Å². The number of hydrogen-bond acceptors (Lipinski definition) is 2. The molecule has 0 amide bonds. The molecule has 0 aliphatic heterocycles. The van der Waals surface area contributed by atoms with E-state index in [1.54, 1.807) is 0 Å². The van der Waals surface area contributed by atoms with Crippen molar-refractivity contribution in [3.05, 3.63) is 41.1 Å². The van der Waals surface area contributed by atoms with Crippen molar-refractivity contribution in [3.63, 3.8) is 0 Å². The fraction of sp³-hybridized carbons (Fsp3) is 0. The summed E-state index contributed by atoms with van der Waals surface area (Å²) in [6.45, 7) is 0. The number of aromatic nitrogens is 2. The minimum absolute atomic E-state index is 0.777. The average Bonchev–Trinajstić information content (AvgIpc) is 2.66. The van der Waals surface area contributed by atoms with E-state index in [0.29, 0.717) is 0 Å². The number of rotatable bonds is 1. The quantitative estimate of drug-likeness (QED) is 0.864. The highest BCUT2D eigenvalue weighted by molar-refractivity contribution is 9.10.